The van der Waals surface area contributed by atoms with Crippen LogP contribution >= 0.6 is 0 Å². The summed E-state index contributed by atoms with van der Waals surface area (Å²) in [7, 11) is 0. The minimum absolute atomic E-state index is 0.366. The average Bonchev–Trinajstić information content (AvgIpc) is 2.14. The van der Waals surface area contributed by atoms with Crippen LogP contribution in [0.2, 0.25) is 0 Å². The molecule has 0 aliphatic carbocycles. The number of nitro groups is 2. The second-order valence-electron chi connectivity index (χ2n) is 2.60. The predicted octanol–water partition coefficient (Wildman–Crippen LogP) is 2.32. The molecule has 0 unspecified atom stereocenters. The van der Waals surface area contributed by atoms with E-state index in [1.54, 1.807) is 6.07 Å². The summed E-state index contributed by atoms with van der Waals surface area (Å²) in [6.45, 7) is 0. The van der Waals surface area contributed by atoms with Crippen molar-refractivity contribution in [3.05, 3.63) is 44.0 Å². The van der Waals surface area contributed by atoms with Gasteiger partial charge in [-0.2, -0.15) is 13.2 Å². The lowest BCUT2D eigenvalue weighted by atomic mass is 10.1. The zero-order valence-corrected chi connectivity index (χ0v) is 7.32. The van der Waals surface area contributed by atoms with Crippen molar-refractivity contribution >= 4 is 11.4 Å². The summed E-state index contributed by atoms with van der Waals surface area (Å²) >= 11 is 0. The summed E-state index contributed by atoms with van der Waals surface area (Å²) < 4.78 is 36.9. The van der Waals surface area contributed by atoms with Crippen LogP contribution in [0.3, 0.4) is 0 Å². The SMILES string of the molecule is O=[N+]([O-])c1[c]ccc(C(F)(F)F)c1[N+](=O)[O-]. The fraction of sp³-hybridized carbons (Fsp3) is 0.143. The maximum Gasteiger partial charge on any atom is 0.423 e. The summed E-state index contributed by atoms with van der Waals surface area (Å²) in [5.74, 6) is 0. The largest absolute Gasteiger partial charge is 0.423 e. The molecule has 0 saturated carbocycles. The molecule has 1 aromatic rings. The number of benzene rings is 1. The van der Waals surface area contributed by atoms with Crippen molar-refractivity contribution in [2.45, 2.75) is 6.18 Å². The first-order chi connectivity index (χ1) is 7.25. The first-order valence-corrected chi connectivity index (χ1v) is 3.66. The second kappa shape index (κ2) is 3.76. The molecule has 0 heterocycles. The number of rotatable bonds is 2. The zero-order chi connectivity index (χ0) is 12.5. The number of halogens is 3. The van der Waals surface area contributed by atoms with E-state index in [-0.39, 0.29) is 0 Å². The normalized spacial score (nSPS) is 11.2. The molecular weight excluding hydrogens is 233 g/mol. The fourth-order valence-electron chi connectivity index (χ4n) is 1.03. The Kier molecular flexibility index (Phi) is 2.79. The van der Waals surface area contributed by atoms with Gasteiger partial charge >= 0.3 is 17.6 Å². The second-order valence-corrected chi connectivity index (χ2v) is 2.60. The van der Waals surface area contributed by atoms with Crippen molar-refractivity contribution in [1.29, 1.82) is 0 Å². The third-order valence-corrected chi connectivity index (χ3v) is 1.62. The number of nitrogens with zero attached hydrogens (tertiary/aromatic N) is 2. The van der Waals surface area contributed by atoms with Gasteiger partial charge in [0.2, 0.25) is 0 Å². The Hall–Kier alpha value is -2.19. The van der Waals surface area contributed by atoms with E-state index in [4.69, 9.17) is 0 Å². The molecule has 1 radical (unpaired) electrons. The maximum absolute atomic E-state index is 12.3. The molecule has 6 nitrogen and oxygen atoms in total. The van der Waals surface area contributed by atoms with E-state index in [2.05, 4.69) is 0 Å². The molecule has 85 valence electrons. The molecule has 0 N–H and O–H groups in total. The zero-order valence-electron chi connectivity index (χ0n) is 7.32. The maximum atomic E-state index is 12.3. The van der Waals surface area contributed by atoms with Crippen LogP contribution in [-0.4, -0.2) is 9.85 Å². The fourth-order valence-corrected chi connectivity index (χ4v) is 1.03. The van der Waals surface area contributed by atoms with Crippen LogP contribution < -0.4 is 0 Å². The van der Waals surface area contributed by atoms with E-state index in [0.29, 0.717) is 12.1 Å². The van der Waals surface area contributed by atoms with Gasteiger partial charge in [0.05, 0.1) is 15.9 Å². The van der Waals surface area contributed by atoms with Crippen LogP contribution in [0.1, 0.15) is 5.56 Å². The van der Waals surface area contributed by atoms with Gasteiger partial charge in [0.25, 0.3) is 0 Å². The van der Waals surface area contributed by atoms with Gasteiger partial charge < -0.3 is 0 Å². The van der Waals surface area contributed by atoms with Crippen molar-refractivity contribution in [3.63, 3.8) is 0 Å². The molecule has 0 bridgehead atoms. The summed E-state index contributed by atoms with van der Waals surface area (Å²) in [5.41, 5.74) is -4.57. The Morgan fingerprint density at radius 1 is 1.19 bits per heavy atom. The summed E-state index contributed by atoms with van der Waals surface area (Å²) in [6.07, 6.45) is -5.03. The van der Waals surface area contributed by atoms with E-state index in [1.807, 2.05) is 0 Å². The van der Waals surface area contributed by atoms with Gasteiger partial charge in [-0.15, -0.1) is 0 Å². The predicted molar refractivity (Wildman–Crippen MR) is 43.6 cm³/mol. The van der Waals surface area contributed by atoms with Crippen molar-refractivity contribution in [3.8, 4) is 0 Å². The molecule has 0 aliphatic rings. The minimum Gasteiger partial charge on any atom is -0.258 e. The van der Waals surface area contributed by atoms with Crippen molar-refractivity contribution in [2.75, 3.05) is 0 Å². The van der Waals surface area contributed by atoms with Crippen molar-refractivity contribution < 1.29 is 23.0 Å². The summed E-state index contributed by atoms with van der Waals surface area (Å²) in [6, 6.07) is 2.77. The van der Waals surface area contributed by atoms with Gasteiger partial charge in [-0.3, -0.25) is 20.2 Å². The number of nitro benzene ring substituents is 2. The minimum atomic E-state index is -5.03. The molecule has 1 rings (SSSR count). The van der Waals surface area contributed by atoms with Crippen LogP contribution in [0, 0.1) is 26.3 Å². The summed E-state index contributed by atoms with van der Waals surface area (Å²) in [4.78, 5) is 18.0. The Labute approximate surface area is 85.6 Å². The molecule has 9 heteroatoms. The lowest BCUT2D eigenvalue weighted by molar-refractivity contribution is -0.424. The van der Waals surface area contributed by atoms with E-state index in [9.17, 15) is 33.4 Å². The molecule has 0 spiro atoms. The van der Waals surface area contributed by atoms with E-state index in [1.165, 1.54) is 0 Å². The molecule has 0 fully saturated rings. The standard InChI is InChI=1S/C7H2F3N2O4/c8-7(9,10)4-2-1-3-5(11(13)14)6(4)12(15)16/h1-2H. The van der Waals surface area contributed by atoms with Crippen molar-refractivity contribution in [1.82, 2.24) is 0 Å². The Bertz CT molecular complexity index is 457. The molecular formula is C7H2F3N2O4. The van der Waals surface area contributed by atoms with Gasteiger partial charge in [-0.05, 0) is 12.1 Å². The van der Waals surface area contributed by atoms with Gasteiger partial charge in [0.15, 0.2) is 0 Å². The summed E-state index contributed by atoms with van der Waals surface area (Å²) in [5, 5.41) is 20.7. The van der Waals surface area contributed by atoms with E-state index < -0.39 is 33.0 Å². The third kappa shape index (κ3) is 2.07. The van der Waals surface area contributed by atoms with E-state index >= 15 is 0 Å². The average molecular weight is 235 g/mol. The van der Waals surface area contributed by atoms with Crippen LogP contribution in [0.25, 0.3) is 0 Å². The van der Waals surface area contributed by atoms with Gasteiger partial charge in [-0.1, -0.05) is 0 Å². The lowest BCUT2D eigenvalue weighted by Gasteiger charge is -2.06. The highest BCUT2D eigenvalue weighted by atomic mass is 19.4. The molecule has 1 aromatic carbocycles. The van der Waals surface area contributed by atoms with Crippen LogP contribution in [0.15, 0.2) is 12.1 Å². The van der Waals surface area contributed by atoms with Gasteiger partial charge in [0.1, 0.15) is 5.56 Å². The Morgan fingerprint density at radius 2 is 1.75 bits per heavy atom. The van der Waals surface area contributed by atoms with Gasteiger partial charge in [0, 0.05) is 0 Å². The lowest BCUT2D eigenvalue weighted by Crippen LogP contribution is -2.10. The molecule has 0 aliphatic heterocycles. The molecule has 0 saturated heterocycles. The first-order valence-electron chi connectivity index (χ1n) is 3.66. The molecule has 0 amide bonds. The highest BCUT2D eigenvalue weighted by molar-refractivity contribution is 5.57. The Balaban J connectivity index is 3.58. The van der Waals surface area contributed by atoms with Crippen LogP contribution in [0.5, 0.6) is 0 Å². The molecule has 0 aromatic heterocycles. The number of alkyl halides is 3. The number of hydrogen-bond donors (Lipinski definition) is 0. The first kappa shape index (κ1) is 11.9. The van der Waals surface area contributed by atoms with Crippen LogP contribution in [0.4, 0.5) is 24.5 Å². The topological polar surface area (TPSA) is 86.3 Å². The van der Waals surface area contributed by atoms with Crippen LogP contribution in [-0.2, 0) is 6.18 Å². The quantitative estimate of drug-likeness (QED) is 0.581. The smallest absolute Gasteiger partial charge is 0.258 e. The highest BCUT2D eigenvalue weighted by Crippen LogP contribution is 2.40. The molecule has 16 heavy (non-hydrogen) atoms. The Morgan fingerprint density at radius 3 is 2.12 bits per heavy atom. The monoisotopic (exact) mass is 235 g/mol. The van der Waals surface area contributed by atoms with E-state index in [0.717, 1.165) is 0 Å². The van der Waals surface area contributed by atoms with Crippen molar-refractivity contribution in [2.24, 2.45) is 0 Å². The third-order valence-electron chi connectivity index (χ3n) is 1.62. The molecule has 0 atom stereocenters. The number of hydrogen-bond acceptors (Lipinski definition) is 4. The highest BCUT2D eigenvalue weighted by Gasteiger charge is 2.43. The van der Waals surface area contributed by atoms with Gasteiger partial charge in [-0.25, -0.2) is 0 Å².